The molecule has 1 aromatic heterocycles. The van der Waals surface area contributed by atoms with Gasteiger partial charge in [0.15, 0.2) is 0 Å². The Balaban J connectivity index is 1.53. The number of aliphatic hydroxyl groups is 1. The summed E-state index contributed by atoms with van der Waals surface area (Å²) in [6, 6.07) is 25.1. The lowest BCUT2D eigenvalue weighted by atomic mass is 9.95. The van der Waals surface area contributed by atoms with Gasteiger partial charge in [0.1, 0.15) is 18.1 Å². The Bertz CT molecular complexity index is 1530. The monoisotopic (exact) mass is 519 g/mol. The van der Waals surface area contributed by atoms with Crippen LogP contribution < -0.4 is 14.5 Å². The van der Waals surface area contributed by atoms with E-state index in [4.69, 9.17) is 4.74 Å². The number of hydrogen-bond donors (Lipinski definition) is 1. The zero-order valence-electron chi connectivity index (χ0n) is 22.0. The summed E-state index contributed by atoms with van der Waals surface area (Å²) >= 11 is 0. The van der Waals surface area contributed by atoms with E-state index in [-0.39, 0.29) is 11.3 Å². The van der Waals surface area contributed by atoms with Gasteiger partial charge in [-0.15, -0.1) is 0 Å². The molecule has 1 amide bonds. The number of aromatic nitrogens is 1. The van der Waals surface area contributed by atoms with Crippen LogP contribution in [0.1, 0.15) is 28.3 Å². The second-order valence-electron chi connectivity index (χ2n) is 9.62. The number of hydrogen-bond acceptors (Lipinski definition) is 6. The minimum Gasteiger partial charge on any atom is -0.507 e. The van der Waals surface area contributed by atoms with Crippen molar-refractivity contribution in [3.63, 3.8) is 0 Å². The molecule has 0 spiro atoms. The number of rotatable bonds is 7. The molecule has 196 valence electrons. The molecule has 2 heterocycles. The summed E-state index contributed by atoms with van der Waals surface area (Å²) in [7, 11) is 3.85. The lowest BCUT2D eigenvalue weighted by Crippen LogP contribution is -2.29. The fourth-order valence-corrected chi connectivity index (χ4v) is 4.71. The number of anilines is 2. The van der Waals surface area contributed by atoms with Crippen LogP contribution in [0.25, 0.3) is 5.76 Å². The predicted octanol–water partition coefficient (Wildman–Crippen LogP) is 5.66. The van der Waals surface area contributed by atoms with Gasteiger partial charge in [0.25, 0.3) is 11.7 Å². The minimum atomic E-state index is -0.835. The maximum absolute atomic E-state index is 13.4. The van der Waals surface area contributed by atoms with Crippen molar-refractivity contribution in [1.29, 1.82) is 0 Å². The van der Waals surface area contributed by atoms with E-state index in [2.05, 4.69) is 4.98 Å². The number of benzene rings is 3. The molecule has 4 aromatic rings. The number of Topliss-reactive ketones (excluding diaryl/α,β-unsaturated/α-hetero) is 1. The molecule has 0 bridgehead atoms. The normalized spacial score (nSPS) is 16.4. The molecule has 0 saturated carbocycles. The fourth-order valence-electron chi connectivity index (χ4n) is 4.71. The van der Waals surface area contributed by atoms with Gasteiger partial charge < -0.3 is 14.7 Å². The maximum atomic E-state index is 13.4. The quantitative estimate of drug-likeness (QED) is 0.193. The number of ketones is 1. The first-order chi connectivity index (χ1) is 18.8. The Morgan fingerprint density at radius 3 is 2.36 bits per heavy atom. The number of pyridine rings is 1. The lowest BCUT2D eigenvalue weighted by Gasteiger charge is -2.25. The summed E-state index contributed by atoms with van der Waals surface area (Å²) in [5, 5.41) is 11.5. The number of aryl methyl sites for hydroxylation is 1. The van der Waals surface area contributed by atoms with E-state index in [1.54, 1.807) is 54.9 Å². The van der Waals surface area contributed by atoms with Crippen molar-refractivity contribution in [2.24, 2.45) is 0 Å². The SMILES string of the molecule is Cc1cc(/C(O)=C2/C(=O)C(=O)N(c3ccc(N(C)C)cc3)C2c2cccnc2)ccc1OCc1ccccc1. The summed E-state index contributed by atoms with van der Waals surface area (Å²) in [5.74, 6) is -1.03. The van der Waals surface area contributed by atoms with Gasteiger partial charge in [0.05, 0.1) is 11.6 Å². The highest BCUT2D eigenvalue weighted by molar-refractivity contribution is 6.51. The number of amides is 1. The number of aliphatic hydroxyl groups excluding tert-OH is 1. The Labute approximate surface area is 227 Å². The molecule has 3 aromatic carbocycles. The molecule has 1 saturated heterocycles. The maximum Gasteiger partial charge on any atom is 0.300 e. The third-order valence-electron chi connectivity index (χ3n) is 6.77. The van der Waals surface area contributed by atoms with E-state index in [0.29, 0.717) is 29.2 Å². The Kier molecular flexibility index (Phi) is 7.14. The number of carbonyl (C=O) groups excluding carboxylic acids is 2. The van der Waals surface area contributed by atoms with Crippen LogP contribution >= 0.6 is 0 Å². The van der Waals surface area contributed by atoms with Crippen LogP contribution in [0, 0.1) is 6.92 Å². The molecule has 1 N–H and O–H groups in total. The molecule has 7 heteroatoms. The Morgan fingerprint density at radius 1 is 0.974 bits per heavy atom. The second kappa shape index (κ2) is 10.8. The molecule has 7 nitrogen and oxygen atoms in total. The predicted molar refractivity (Wildman–Crippen MR) is 152 cm³/mol. The van der Waals surface area contributed by atoms with E-state index in [0.717, 1.165) is 16.8 Å². The van der Waals surface area contributed by atoms with Gasteiger partial charge in [-0.1, -0.05) is 36.4 Å². The number of carbonyl (C=O) groups is 2. The molecular formula is C32H29N3O4. The second-order valence-corrected chi connectivity index (χ2v) is 9.62. The molecule has 0 aliphatic carbocycles. The lowest BCUT2D eigenvalue weighted by molar-refractivity contribution is -0.132. The van der Waals surface area contributed by atoms with Gasteiger partial charge in [-0.25, -0.2) is 0 Å². The highest BCUT2D eigenvalue weighted by Crippen LogP contribution is 2.42. The van der Waals surface area contributed by atoms with Crippen molar-refractivity contribution >= 4 is 28.8 Å². The smallest absolute Gasteiger partial charge is 0.300 e. The molecule has 5 rings (SSSR count). The number of ether oxygens (including phenoxy) is 1. The zero-order chi connectivity index (χ0) is 27.5. The third-order valence-corrected chi connectivity index (χ3v) is 6.77. The molecule has 1 aliphatic rings. The average Bonchev–Trinajstić information content (AvgIpc) is 3.23. The van der Waals surface area contributed by atoms with Crippen LogP contribution in [0.4, 0.5) is 11.4 Å². The van der Waals surface area contributed by atoms with Crippen LogP contribution in [-0.4, -0.2) is 35.9 Å². The van der Waals surface area contributed by atoms with Gasteiger partial charge in [-0.3, -0.25) is 19.5 Å². The highest BCUT2D eigenvalue weighted by Gasteiger charge is 2.47. The first-order valence-electron chi connectivity index (χ1n) is 12.6. The van der Waals surface area contributed by atoms with Crippen molar-refractivity contribution in [1.82, 2.24) is 4.98 Å². The van der Waals surface area contributed by atoms with Crippen LogP contribution in [-0.2, 0) is 16.2 Å². The van der Waals surface area contributed by atoms with E-state index >= 15 is 0 Å². The van der Waals surface area contributed by atoms with Crippen LogP contribution in [0.2, 0.25) is 0 Å². The van der Waals surface area contributed by atoms with Crippen molar-refractivity contribution in [3.8, 4) is 5.75 Å². The van der Waals surface area contributed by atoms with Crippen molar-refractivity contribution in [3.05, 3.63) is 125 Å². The van der Waals surface area contributed by atoms with E-state index in [1.165, 1.54) is 4.90 Å². The summed E-state index contributed by atoms with van der Waals surface area (Å²) in [4.78, 5) is 34.4. The largest absolute Gasteiger partial charge is 0.507 e. The minimum absolute atomic E-state index is 0.0158. The molecular weight excluding hydrogens is 490 g/mol. The molecule has 39 heavy (non-hydrogen) atoms. The Morgan fingerprint density at radius 2 is 1.72 bits per heavy atom. The Hall–Kier alpha value is -4.91. The molecule has 0 radical (unpaired) electrons. The topological polar surface area (TPSA) is 83.0 Å². The van der Waals surface area contributed by atoms with Gasteiger partial charge >= 0.3 is 0 Å². The summed E-state index contributed by atoms with van der Waals surface area (Å²) < 4.78 is 5.97. The van der Waals surface area contributed by atoms with Crippen LogP contribution in [0.3, 0.4) is 0 Å². The number of nitrogens with zero attached hydrogens (tertiary/aromatic N) is 3. The standard InChI is InChI=1S/C32H29N3O4/c1-21-18-23(11-16-27(21)39-20-22-8-5-4-6-9-22)30(36)28-29(24-10-7-17-33-19-24)35(32(38)31(28)37)26-14-12-25(13-15-26)34(2)3/h4-19,29,36H,20H2,1-3H3/b30-28-. The van der Waals surface area contributed by atoms with Gasteiger partial charge in [0.2, 0.25) is 0 Å². The summed E-state index contributed by atoms with van der Waals surface area (Å²) in [6.07, 6.45) is 3.23. The van der Waals surface area contributed by atoms with Crippen molar-refractivity contribution in [2.45, 2.75) is 19.6 Å². The molecule has 1 atom stereocenters. The molecule has 1 aliphatic heterocycles. The summed E-state index contributed by atoms with van der Waals surface area (Å²) in [6.45, 7) is 2.28. The molecule has 1 fully saturated rings. The van der Waals surface area contributed by atoms with E-state index in [9.17, 15) is 14.7 Å². The van der Waals surface area contributed by atoms with Crippen LogP contribution in [0.15, 0.2) is 103 Å². The van der Waals surface area contributed by atoms with Crippen molar-refractivity contribution < 1.29 is 19.4 Å². The summed E-state index contributed by atoms with van der Waals surface area (Å²) in [5.41, 5.74) is 4.40. The van der Waals surface area contributed by atoms with E-state index in [1.807, 2.05) is 68.4 Å². The first-order valence-corrected chi connectivity index (χ1v) is 12.6. The van der Waals surface area contributed by atoms with Gasteiger partial charge in [-0.05, 0) is 72.1 Å². The van der Waals surface area contributed by atoms with Crippen molar-refractivity contribution in [2.75, 3.05) is 23.9 Å². The van der Waals surface area contributed by atoms with Crippen LogP contribution in [0.5, 0.6) is 5.75 Å². The fraction of sp³-hybridized carbons (Fsp3) is 0.156. The van der Waals surface area contributed by atoms with Gasteiger partial charge in [0, 0.05) is 43.4 Å². The zero-order valence-corrected chi connectivity index (χ0v) is 22.0. The highest BCUT2D eigenvalue weighted by atomic mass is 16.5. The van der Waals surface area contributed by atoms with E-state index < -0.39 is 17.7 Å². The molecule has 1 unspecified atom stereocenters. The first kappa shape index (κ1) is 25.7. The van der Waals surface area contributed by atoms with Gasteiger partial charge in [-0.2, -0.15) is 0 Å². The third kappa shape index (κ3) is 5.11. The average molecular weight is 520 g/mol.